The highest BCUT2D eigenvalue weighted by molar-refractivity contribution is 6.30. The molecule has 0 aliphatic carbocycles. The van der Waals surface area contributed by atoms with E-state index in [1.54, 1.807) is 48.5 Å². The molecule has 1 N–H and O–H groups in total. The van der Waals surface area contributed by atoms with E-state index in [9.17, 15) is 9.59 Å². The van der Waals surface area contributed by atoms with Crippen LogP contribution in [0.25, 0.3) is 5.65 Å². The summed E-state index contributed by atoms with van der Waals surface area (Å²) in [6, 6.07) is 13.7. The number of hydrogen-bond acceptors (Lipinski definition) is 6. The summed E-state index contributed by atoms with van der Waals surface area (Å²) in [6.07, 6.45) is 2.87. The molecule has 2 heterocycles. The Hall–Kier alpha value is -3.85. The Morgan fingerprint density at radius 2 is 1.93 bits per heavy atom. The van der Waals surface area contributed by atoms with Gasteiger partial charge in [0.15, 0.2) is 0 Å². The maximum absolute atomic E-state index is 12.6. The molecule has 2 aromatic carbocycles. The van der Waals surface area contributed by atoms with Crippen LogP contribution in [0.1, 0.15) is 0 Å². The van der Waals surface area contributed by atoms with Gasteiger partial charge in [-0.2, -0.15) is 0 Å². The van der Waals surface area contributed by atoms with Crippen LogP contribution in [0.15, 0.2) is 65.7 Å². The molecule has 4 rings (SSSR count). The number of nitrogens with zero attached hydrogens (tertiary/aromatic N) is 4. The van der Waals surface area contributed by atoms with Gasteiger partial charge >= 0.3 is 5.69 Å². The number of benzene rings is 2. The number of hydrogen-bond donors (Lipinski definition) is 1. The zero-order valence-electron chi connectivity index (χ0n) is 15.8. The molecule has 0 unspecified atom stereocenters. The molecule has 0 fully saturated rings. The Morgan fingerprint density at radius 1 is 1.17 bits per heavy atom. The van der Waals surface area contributed by atoms with Crippen molar-refractivity contribution in [3.63, 3.8) is 0 Å². The highest BCUT2D eigenvalue weighted by Crippen LogP contribution is 2.24. The summed E-state index contributed by atoms with van der Waals surface area (Å²) in [5, 5.41) is 7.49. The van der Waals surface area contributed by atoms with Crippen LogP contribution in [0.5, 0.6) is 17.4 Å². The minimum atomic E-state index is -0.497. The molecule has 0 saturated heterocycles. The minimum Gasteiger partial charge on any atom is -0.495 e. The molecule has 0 atom stereocenters. The first-order valence-corrected chi connectivity index (χ1v) is 9.23. The van der Waals surface area contributed by atoms with Gasteiger partial charge in [0, 0.05) is 17.4 Å². The monoisotopic (exact) mass is 425 g/mol. The second-order valence-electron chi connectivity index (χ2n) is 6.17. The molecule has 152 valence electrons. The van der Waals surface area contributed by atoms with E-state index in [4.69, 9.17) is 21.1 Å². The van der Waals surface area contributed by atoms with Gasteiger partial charge < -0.3 is 14.8 Å². The predicted octanol–water partition coefficient (Wildman–Crippen LogP) is 2.98. The Bertz CT molecular complexity index is 1270. The van der Waals surface area contributed by atoms with Crippen LogP contribution in [-0.2, 0) is 11.3 Å². The van der Waals surface area contributed by atoms with Crippen LogP contribution in [-0.4, -0.2) is 32.2 Å². The number of aromatic nitrogens is 4. The van der Waals surface area contributed by atoms with Crippen LogP contribution in [0, 0.1) is 0 Å². The summed E-state index contributed by atoms with van der Waals surface area (Å²) in [5.41, 5.74) is 0.182. The molecule has 0 bridgehead atoms. The van der Waals surface area contributed by atoms with E-state index < -0.39 is 11.6 Å². The highest BCUT2D eigenvalue weighted by atomic mass is 35.5. The van der Waals surface area contributed by atoms with Gasteiger partial charge in [0.25, 0.3) is 5.88 Å². The van der Waals surface area contributed by atoms with Crippen molar-refractivity contribution in [1.82, 2.24) is 19.2 Å². The molecular weight excluding hydrogens is 410 g/mol. The van der Waals surface area contributed by atoms with Crippen LogP contribution < -0.4 is 20.5 Å². The Kier molecular flexibility index (Phi) is 5.36. The molecule has 30 heavy (non-hydrogen) atoms. The molecule has 0 aliphatic heterocycles. The summed E-state index contributed by atoms with van der Waals surface area (Å²) in [4.78, 5) is 29.2. The van der Waals surface area contributed by atoms with E-state index >= 15 is 0 Å². The third-order valence-corrected chi connectivity index (χ3v) is 4.42. The molecular formula is C20H16ClN5O4. The summed E-state index contributed by atoms with van der Waals surface area (Å²) in [7, 11) is 1.51. The van der Waals surface area contributed by atoms with E-state index in [1.807, 2.05) is 0 Å². The topological polar surface area (TPSA) is 99.8 Å². The fourth-order valence-corrected chi connectivity index (χ4v) is 2.91. The van der Waals surface area contributed by atoms with Gasteiger partial charge in [-0.15, -0.1) is 5.10 Å². The van der Waals surface area contributed by atoms with Crippen molar-refractivity contribution in [1.29, 1.82) is 0 Å². The number of carbonyl (C=O) groups is 1. The first-order valence-electron chi connectivity index (χ1n) is 8.85. The van der Waals surface area contributed by atoms with Gasteiger partial charge in [0.1, 0.15) is 18.0 Å². The van der Waals surface area contributed by atoms with Crippen LogP contribution >= 0.6 is 11.6 Å². The summed E-state index contributed by atoms with van der Waals surface area (Å²) in [5.74, 6) is 0.686. The first kappa shape index (κ1) is 19.5. The molecule has 0 spiro atoms. The lowest BCUT2D eigenvalue weighted by Crippen LogP contribution is -2.28. The molecule has 0 radical (unpaired) electrons. The Labute approximate surface area is 175 Å². The summed E-state index contributed by atoms with van der Waals surface area (Å²) >= 11 is 5.88. The number of amides is 1. The number of anilines is 1. The quantitative estimate of drug-likeness (QED) is 0.509. The normalized spacial score (nSPS) is 10.7. The molecule has 9 nitrogen and oxygen atoms in total. The number of fused-ring (bicyclic) bond motifs is 1. The SMILES string of the molecule is COc1ccccc1NC(=O)Cn1nc2c(Oc3ccc(Cl)cc3)nccn2c1=O. The van der Waals surface area contributed by atoms with Crippen LogP contribution in [0.2, 0.25) is 5.02 Å². The lowest BCUT2D eigenvalue weighted by atomic mass is 10.3. The average Bonchev–Trinajstić information content (AvgIpc) is 3.06. The number of ether oxygens (including phenoxy) is 2. The third-order valence-electron chi connectivity index (χ3n) is 4.17. The zero-order chi connectivity index (χ0) is 21.1. The fourth-order valence-electron chi connectivity index (χ4n) is 2.79. The van der Waals surface area contributed by atoms with Gasteiger partial charge in [-0.05, 0) is 36.4 Å². The third kappa shape index (κ3) is 3.96. The van der Waals surface area contributed by atoms with E-state index in [2.05, 4.69) is 15.4 Å². The lowest BCUT2D eigenvalue weighted by Gasteiger charge is -2.09. The van der Waals surface area contributed by atoms with Gasteiger partial charge in [-0.1, -0.05) is 23.7 Å². The summed E-state index contributed by atoms with van der Waals surface area (Å²) in [6.45, 7) is -0.293. The molecule has 0 aliphatic rings. The van der Waals surface area contributed by atoms with Crippen molar-refractivity contribution < 1.29 is 14.3 Å². The Balaban J connectivity index is 1.59. The zero-order valence-corrected chi connectivity index (χ0v) is 16.5. The van der Waals surface area contributed by atoms with Gasteiger partial charge in [-0.25, -0.2) is 18.9 Å². The van der Waals surface area contributed by atoms with E-state index in [0.29, 0.717) is 22.2 Å². The molecule has 0 saturated carbocycles. The number of carbonyl (C=O) groups excluding carboxylic acids is 1. The van der Waals surface area contributed by atoms with Gasteiger partial charge in [0.05, 0.1) is 12.8 Å². The van der Waals surface area contributed by atoms with Crippen molar-refractivity contribution in [2.45, 2.75) is 6.54 Å². The molecule has 10 heteroatoms. The minimum absolute atomic E-state index is 0.126. The second kappa shape index (κ2) is 8.26. The number of halogens is 1. The van der Waals surface area contributed by atoms with Gasteiger partial charge in [-0.3, -0.25) is 4.79 Å². The van der Waals surface area contributed by atoms with Crippen LogP contribution in [0.4, 0.5) is 5.69 Å². The fraction of sp³-hybridized carbons (Fsp3) is 0.100. The smallest absolute Gasteiger partial charge is 0.351 e. The van der Waals surface area contributed by atoms with Gasteiger partial charge in [0.2, 0.25) is 11.6 Å². The molecule has 4 aromatic rings. The molecule has 2 aromatic heterocycles. The predicted molar refractivity (Wildman–Crippen MR) is 110 cm³/mol. The van der Waals surface area contributed by atoms with Crippen molar-refractivity contribution >= 4 is 28.8 Å². The Morgan fingerprint density at radius 3 is 2.70 bits per heavy atom. The summed E-state index contributed by atoms with van der Waals surface area (Å²) < 4.78 is 13.2. The first-order chi connectivity index (χ1) is 14.5. The maximum atomic E-state index is 12.6. The molecule has 1 amide bonds. The lowest BCUT2D eigenvalue weighted by molar-refractivity contribution is -0.117. The van der Waals surface area contributed by atoms with E-state index in [-0.39, 0.29) is 18.1 Å². The van der Waals surface area contributed by atoms with Crippen molar-refractivity contribution in [3.8, 4) is 17.4 Å². The number of para-hydroxylation sites is 2. The number of nitrogens with one attached hydrogen (secondary N) is 1. The van der Waals surface area contributed by atoms with E-state index in [0.717, 1.165) is 4.68 Å². The van der Waals surface area contributed by atoms with Crippen molar-refractivity contribution in [2.75, 3.05) is 12.4 Å². The number of methoxy groups -OCH3 is 1. The largest absolute Gasteiger partial charge is 0.495 e. The van der Waals surface area contributed by atoms with E-state index in [1.165, 1.54) is 23.9 Å². The average molecular weight is 426 g/mol. The van der Waals surface area contributed by atoms with Crippen molar-refractivity contribution in [2.24, 2.45) is 0 Å². The van der Waals surface area contributed by atoms with Crippen molar-refractivity contribution in [3.05, 3.63) is 76.4 Å². The van der Waals surface area contributed by atoms with Crippen LogP contribution in [0.3, 0.4) is 0 Å². The standard InChI is InChI=1S/C20H16ClN5O4/c1-29-16-5-3-2-4-15(16)23-17(27)12-26-20(28)25-11-10-22-19(18(25)24-26)30-14-8-6-13(21)7-9-14/h2-11H,12H2,1H3,(H,23,27). The maximum Gasteiger partial charge on any atom is 0.351 e. The number of rotatable bonds is 6. The highest BCUT2D eigenvalue weighted by Gasteiger charge is 2.16. The second-order valence-corrected chi connectivity index (χ2v) is 6.61.